The fourth-order valence-corrected chi connectivity index (χ4v) is 2.71. The zero-order chi connectivity index (χ0) is 18.8. The van der Waals surface area contributed by atoms with Crippen LogP contribution in [0, 0.1) is 13.8 Å². The number of aryl methyl sites for hydroxylation is 3. The molecule has 0 saturated carbocycles. The maximum absolute atomic E-state index is 11.8. The van der Waals surface area contributed by atoms with Gasteiger partial charge in [0.05, 0.1) is 13.2 Å². The quantitative estimate of drug-likeness (QED) is 0.649. The second kappa shape index (κ2) is 10.5. The highest BCUT2D eigenvalue weighted by Gasteiger charge is 2.02. The van der Waals surface area contributed by atoms with Crippen molar-refractivity contribution in [2.75, 3.05) is 19.8 Å². The largest absolute Gasteiger partial charge is 0.494 e. The molecule has 0 aromatic heterocycles. The van der Waals surface area contributed by atoms with Gasteiger partial charge < -0.3 is 14.8 Å². The lowest BCUT2D eigenvalue weighted by Crippen LogP contribution is -2.28. The van der Waals surface area contributed by atoms with Crippen LogP contribution in [0.3, 0.4) is 0 Å². The fourth-order valence-electron chi connectivity index (χ4n) is 2.71. The number of benzene rings is 2. The van der Waals surface area contributed by atoms with E-state index in [1.54, 1.807) is 0 Å². The number of hydrogen-bond donors (Lipinski definition) is 1. The normalized spacial score (nSPS) is 10.4. The molecule has 0 bridgehead atoms. The second-order valence-corrected chi connectivity index (χ2v) is 6.47. The lowest BCUT2D eigenvalue weighted by Gasteiger charge is -2.10. The molecule has 140 valence electrons. The van der Waals surface area contributed by atoms with E-state index >= 15 is 0 Å². The molecule has 0 unspecified atom stereocenters. The van der Waals surface area contributed by atoms with Crippen LogP contribution in [0.1, 0.15) is 36.5 Å². The Balaban J connectivity index is 1.55. The van der Waals surface area contributed by atoms with Crippen molar-refractivity contribution < 1.29 is 14.3 Å². The summed E-state index contributed by atoms with van der Waals surface area (Å²) >= 11 is 0. The Morgan fingerprint density at radius 2 is 1.58 bits per heavy atom. The van der Waals surface area contributed by atoms with Crippen molar-refractivity contribution in [3.8, 4) is 11.5 Å². The third kappa shape index (κ3) is 7.18. The number of nitrogens with one attached hydrogen (secondary N) is 1. The summed E-state index contributed by atoms with van der Waals surface area (Å²) in [5.74, 6) is 1.72. The second-order valence-electron chi connectivity index (χ2n) is 6.47. The minimum absolute atomic E-state index is 0.0268. The van der Waals surface area contributed by atoms with Gasteiger partial charge in [-0.1, -0.05) is 25.1 Å². The maximum atomic E-state index is 11.8. The zero-order valence-corrected chi connectivity index (χ0v) is 16.0. The van der Waals surface area contributed by atoms with Gasteiger partial charge in [-0.05, 0) is 67.6 Å². The Hall–Kier alpha value is -2.49. The molecule has 0 aliphatic rings. The summed E-state index contributed by atoms with van der Waals surface area (Å²) in [5.41, 5.74) is 3.64. The smallest absolute Gasteiger partial charge is 0.220 e. The van der Waals surface area contributed by atoms with Crippen molar-refractivity contribution in [3.05, 3.63) is 59.2 Å². The molecule has 2 aromatic rings. The van der Waals surface area contributed by atoms with Gasteiger partial charge in [-0.2, -0.15) is 0 Å². The summed E-state index contributed by atoms with van der Waals surface area (Å²) in [7, 11) is 0. The predicted octanol–water partition coefficient (Wildman–Crippen LogP) is 4.22. The van der Waals surface area contributed by atoms with Gasteiger partial charge in [0.1, 0.15) is 18.1 Å². The monoisotopic (exact) mass is 355 g/mol. The van der Waals surface area contributed by atoms with Crippen LogP contribution in [-0.4, -0.2) is 25.7 Å². The number of ether oxygens (including phenoxy) is 2. The molecule has 1 amide bonds. The van der Waals surface area contributed by atoms with E-state index in [0.717, 1.165) is 17.9 Å². The van der Waals surface area contributed by atoms with E-state index in [4.69, 9.17) is 9.47 Å². The molecular formula is C22H29NO3. The van der Waals surface area contributed by atoms with Crippen LogP contribution in [0.25, 0.3) is 0 Å². The van der Waals surface area contributed by atoms with Crippen molar-refractivity contribution in [1.82, 2.24) is 5.32 Å². The first-order chi connectivity index (χ1) is 12.6. The summed E-state index contributed by atoms with van der Waals surface area (Å²) in [6.07, 6.45) is 2.17. The van der Waals surface area contributed by atoms with Crippen LogP contribution in [0.4, 0.5) is 0 Å². The van der Waals surface area contributed by atoms with Gasteiger partial charge in [-0.15, -0.1) is 0 Å². The third-order valence-electron chi connectivity index (χ3n) is 4.04. The Morgan fingerprint density at radius 3 is 2.23 bits per heavy atom. The molecule has 0 radical (unpaired) electrons. The van der Waals surface area contributed by atoms with Crippen molar-refractivity contribution >= 4 is 5.91 Å². The Morgan fingerprint density at radius 1 is 0.923 bits per heavy atom. The summed E-state index contributed by atoms with van der Waals surface area (Å²) in [4.78, 5) is 11.8. The van der Waals surface area contributed by atoms with Crippen molar-refractivity contribution in [3.63, 3.8) is 0 Å². The van der Waals surface area contributed by atoms with Crippen LogP contribution in [0.15, 0.2) is 42.5 Å². The van der Waals surface area contributed by atoms with E-state index in [2.05, 4.69) is 30.4 Å². The van der Waals surface area contributed by atoms with Crippen LogP contribution in [-0.2, 0) is 11.2 Å². The van der Waals surface area contributed by atoms with E-state index in [-0.39, 0.29) is 5.91 Å². The van der Waals surface area contributed by atoms with Crippen molar-refractivity contribution in [1.29, 1.82) is 0 Å². The molecule has 0 aliphatic heterocycles. The molecule has 1 N–H and O–H groups in total. The van der Waals surface area contributed by atoms with Gasteiger partial charge in [0, 0.05) is 6.42 Å². The molecule has 0 atom stereocenters. The van der Waals surface area contributed by atoms with E-state index in [0.29, 0.717) is 32.6 Å². The molecule has 0 fully saturated rings. The van der Waals surface area contributed by atoms with Gasteiger partial charge in [-0.25, -0.2) is 0 Å². The van der Waals surface area contributed by atoms with Crippen molar-refractivity contribution in [2.45, 2.75) is 40.0 Å². The van der Waals surface area contributed by atoms with Crippen LogP contribution < -0.4 is 14.8 Å². The van der Waals surface area contributed by atoms with Crippen LogP contribution in [0.5, 0.6) is 11.5 Å². The van der Waals surface area contributed by atoms with E-state index in [1.807, 2.05) is 38.1 Å². The van der Waals surface area contributed by atoms with E-state index < -0.39 is 0 Å². The molecule has 2 aromatic carbocycles. The van der Waals surface area contributed by atoms with Gasteiger partial charge in [0.15, 0.2) is 0 Å². The Bertz CT molecular complexity index is 675. The van der Waals surface area contributed by atoms with Crippen LogP contribution in [0.2, 0.25) is 0 Å². The van der Waals surface area contributed by atoms with Gasteiger partial charge in [0.25, 0.3) is 0 Å². The number of carbonyl (C=O) groups is 1. The molecule has 0 aliphatic carbocycles. The number of carbonyl (C=O) groups excluding carboxylic acids is 1. The molecule has 4 heteroatoms. The molecule has 0 saturated heterocycles. The summed E-state index contributed by atoms with van der Waals surface area (Å²) in [6, 6.07) is 14.2. The van der Waals surface area contributed by atoms with Crippen LogP contribution >= 0.6 is 0 Å². The fraction of sp³-hybridized carbons (Fsp3) is 0.409. The highest BCUT2D eigenvalue weighted by molar-refractivity contribution is 5.75. The highest BCUT2D eigenvalue weighted by Crippen LogP contribution is 2.16. The van der Waals surface area contributed by atoms with Gasteiger partial charge in [0.2, 0.25) is 5.91 Å². The lowest BCUT2D eigenvalue weighted by atomic mass is 10.1. The highest BCUT2D eigenvalue weighted by atomic mass is 16.5. The summed E-state index contributed by atoms with van der Waals surface area (Å²) in [6.45, 7) is 7.73. The molecular weight excluding hydrogens is 326 g/mol. The predicted molar refractivity (Wildman–Crippen MR) is 105 cm³/mol. The first-order valence-electron chi connectivity index (χ1n) is 9.26. The summed E-state index contributed by atoms with van der Waals surface area (Å²) in [5, 5.41) is 2.88. The average Bonchev–Trinajstić information content (AvgIpc) is 2.62. The number of amides is 1. The maximum Gasteiger partial charge on any atom is 0.220 e. The lowest BCUT2D eigenvalue weighted by molar-refractivity contribution is -0.121. The minimum Gasteiger partial charge on any atom is -0.494 e. The molecule has 2 rings (SSSR count). The van der Waals surface area contributed by atoms with Gasteiger partial charge >= 0.3 is 0 Å². The SMILES string of the molecule is CCc1ccc(OCCCC(=O)NCCOc2cc(C)cc(C)c2)cc1. The zero-order valence-electron chi connectivity index (χ0n) is 16.0. The molecule has 4 nitrogen and oxygen atoms in total. The first kappa shape index (κ1) is 19.8. The Labute approximate surface area is 156 Å². The Kier molecular flexibility index (Phi) is 8.00. The molecule has 0 heterocycles. The topological polar surface area (TPSA) is 47.6 Å². The number of hydrogen-bond acceptors (Lipinski definition) is 3. The molecule has 0 spiro atoms. The van der Waals surface area contributed by atoms with Crippen molar-refractivity contribution in [2.24, 2.45) is 0 Å². The standard InChI is InChI=1S/C22H29NO3/c1-4-19-7-9-20(10-8-19)25-12-5-6-22(24)23-11-13-26-21-15-17(2)14-18(3)16-21/h7-10,14-16H,4-6,11-13H2,1-3H3,(H,23,24). The first-order valence-corrected chi connectivity index (χ1v) is 9.26. The van der Waals surface area contributed by atoms with E-state index in [1.165, 1.54) is 16.7 Å². The van der Waals surface area contributed by atoms with E-state index in [9.17, 15) is 4.79 Å². The molecule has 26 heavy (non-hydrogen) atoms. The summed E-state index contributed by atoms with van der Waals surface area (Å²) < 4.78 is 11.3. The number of rotatable bonds is 10. The van der Waals surface area contributed by atoms with Gasteiger partial charge in [-0.3, -0.25) is 4.79 Å². The minimum atomic E-state index is 0.0268. The third-order valence-corrected chi connectivity index (χ3v) is 4.04. The average molecular weight is 355 g/mol.